The van der Waals surface area contributed by atoms with Gasteiger partial charge in [0.05, 0.1) is 0 Å². The first-order valence-corrected chi connectivity index (χ1v) is 5.24. The predicted molar refractivity (Wildman–Crippen MR) is 53.0 cm³/mol. The van der Waals surface area contributed by atoms with Crippen LogP contribution in [0, 0.1) is 0 Å². The first-order valence-electron chi connectivity index (χ1n) is 5.24. The van der Waals surface area contributed by atoms with Gasteiger partial charge in [-0.25, -0.2) is 8.78 Å². The fourth-order valence-corrected chi connectivity index (χ4v) is 1.77. The predicted octanol–water partition coefficient (Wildman–Crippen LogP) is 1.77. The van der Waals surface area contributed by atoms with Crippen molar-refractivity contribution in [3.8, 4) is 0 Å². The number of alkyl halides is 2. The summed E-state index contributed by atoms with van der Waals surface area (Å²) in [6.07, 6.45) is 0.706. The summed E-state index contributed by atoms with van der Waals surface area (Å²) in [7, 11) is 3.12. The zero-order valence-electron chi connectivity index (χ0n) is 9.26. The van der Waals surface area contributed by atoms with Crippen LogP contribution in [0.5, 0.6) is 0 Å². The summed E-state index contributed by atoms with van der Waals surface area (Å²) in [6.45, 7) is 0.545. The Kier molecular flexibility index (Phi) is 4.89. The quantitative estimate of drug-likeness (QED) is 0.721. The lowest BCUT2D eigenvalue weighted by molar-refractivity contribution is -0.102. The Hall–Kier alpha value is -0.260. The molecule has 0 aromatic carbocycles. The van der Waals surface area contributed by atoms with Crippen molar-refractivity contribution in [2.24, 2.45) is 0 Å². The van der Waals surface area contributed by atoms with Crippen LogP contribution in [0.3, 0.4) is 0 Å². The van der Waals surface area contributed by atoms with Crippen molar-refractivity contribution in [2.45, 2.75) is 43.9 Å². The van der Waals surface area contributed by atoms with E-state index < -0.39 is 5.92 Å². The van der Waals surface area contributed by atoms with Crippen LogP contribution >= 0.6 is 0 Å². The van der Waals surface area contributed by atoms with Gasteiger partial charge in [0.1, 0.15) is 0 Å². The normalized spacial score (nSPS) is 22.2. The molecule has 0 aromatic heterocycles. The van der Waals surface area contributed by atoms with E-state index in [2.05, 4.69) is 5.32 Å². The zero-order chi connectivity index (χ0) is 11.3. The second kappa shape index (κ2) is 5.72. The molecule has 1 fully saturated rings. The number of nitrogens with one attached hydrogen (secondary N) is 1. The van der Waals surface area contributed by atoms with Crippen molar-refractivity contribution in [1.29, 1.82) is 0 Å². The summed E-state index contributed by atoms with van der Waals surface area (Å²) in [4.78, 5) is 0. The number of ether oxygens (including phenoxy) is 2. The Morgan fingerprint density at radius 1 is 1.27 bits per heavy atom. The van der Waals surface area contributed by atoms with Crippen LogP contribution in [0.15, 0.2) is 0 Å². The van der Waals surface area contributed by atoms with Gasteiger partial charge in [-0.1, -0.05) is 0 Å². The van der Waals surface area contributed by atoms with Crippen LogP contribution in [-0.2, 0) is 9.47 Å². The molecular weight excluding hydrogens is 204 g/mol. The van der Waals surface area contributed by atoms with Gasteiger partial charge in [0, 0.05) is 39.6 Å². The molecule has 1 N–H and O–H groups in total. The van der Waals surface area contributed by atoms with Crippen LogP contribution < -0.4 is 5.32 Å². The van der Waals surface area contributed by atoms with E-state index in [4.69, 9.17) is 9.47 Å². The molecule has 0 heterocycles. The molecule has 0 aromatic rings. The minimum atomic E-state index is -2.46. The van der Waals surface area contributed by atoms with Crippen molar-refractivity contribution in [2.75, 3.05) is 20.8 Å². The zero-order valence-corrected chi connectivity index (χ0v) is 9.26. The molecule has 0 unspecified atom stereocenters. The van der Waals surface area contributed by atoms with Crippen molar-refractivity contribution in [3.05, 3.63) is 0 Å². The van der Waals surface area contributed by atoms with E-state index in [-0.39, 0.29) is 25.2 Å². The summed E-state index contributed by atoms with van der Waals surface area (Å²) >= 11 is 0. The second-order valence-electron chi connectivity index (χ2n) is 3.94. The standard InChI is InChI=1S/C10H19F2NO2/c1-14-9(15-2)7-13-8-3-5-10(11,12)6-4-8/h8-9,13H,3-7H2,1-2H3. The monoisotopic (exact) mass is 223 g/mol. The van der Waals surface area contributed by atoms with Gasteiger partial charge in [0.15, 0.2) is 6.29 Å². The number of hydrogen-bond donors (Lipinski definition) is 1. The highest BCUT2D eigenvalue weighted by Gasteiger charge is 2.34. The number of hydrogen-bond acceptors (Lipinski definition) is 3. The van der Waals surface area contributed by atoms with E-state index >= 15 is 0 Å². The fourth-order valence-electron chi connectivity index (χ4n) is 1.77. The summed E-state index contributed by atoms with van der Waals surface area (Å²) in [5.41, 5.74) is 0. The summed E-state index contributed by atoms with van der Waals surface area (Å²) in [6, 6.07) is 0.164. The highest BCUT2D eigenvalue weighted by molar-refractivity contribution is 4.81. The topological polar surface area (TPSA) is 30.5 Å². The lowest BCUT2D eigenvalue weighted by atomic mass is 9.92. The SMILES string of the molecule is COC(CNC1CCC(F)(F)CC1)OC. The molecule has 15 heavy (non-hydrogen) atoms. The minimum absolute atomic E-state index is 0.0186. The number of methoxy groups -OCH3 is 2. The molecule has 0 amide bonds. The van der Waals surface area contributed by atoms with Crippen molar-refractivity contribution in [3.63, 3.8) is 0 Å². The Morgan fingerprint density at radius 2 is 1.80 bits per heavy atom. The lowest BCUT2D eigenvalue weighted by Crippen LogP contribution is -2.41. The third-order valence-corrected chi connectivity index (χ3v) is 2.82. The summed E-state index contributed by atoms with van der Waals surface area (Å²) < 4.78 is 35.7. The third-order valence-electron chi connectivity index (χ3n) is 2.82. The maximum Gasteiger partial charge on any atom is 0.248 e. The maximum absolute atomic E-state index is 12.8. The van der Waals surface area contributed by atoms with Crippen LogP contribution in [0.4, 0.5) is 8.78 Å². The lowest BCUT2D eigenvalue weighted by Gasteiger charge is -2.29. The Morgan fingerprint density at radius 3 is 2.27 bits per heavy atom. The van der Waals surface area contributed by atoms with E-state index in [1.165, 1.54) is 0 Å². The van der Waals surface area contributed by atoms with Gasteiger partial charge < -0.3 is 14.8 Å². The van der Waals surface area contributed by atoms with E-state index in [0.717, 1.165) is 0 Å². The molecule has 0 atom stereocenters. The molecular formula is C10H19F2NO2. The minimum Gasteiger partial charge on any atom is -0.355 e. The van der Waals surface area contributed by atoms with Gasteiger partial charge in [-0.05, 0) is 12.8 Å². The third kappa shape index (κ3) is 4.40. The Balaban J connectivity index is 2.18. The largest absolute Gasteiger partial charge is 0.355 e. The summed E-state index contributed by atoms with van der Waals surface area (Å²) in [5.74, 6) is -2.46. The highest BCUT2D eigenvalue weighted by Crippen LogP contribution is 2.32. The molecule has 1 rings (SSSR count). The molecule has 0 aliphatic heterocycles. The molecule has 0 radical (unpaired) electrons. The number of rotatable bonds is 5. The van der Waals surface area contributed by atoms with E-state index in [1.807, 2.05) is 0 Å². The van der Waals surface area contributed by atoms with Gasteiger partial charge in [-0.15, -0.1) is 0 Å². The maximum atomic E-state index is 12.8. The van der Waals surface area contributed by atoms with Crippen LogP contribution in [0.25, 0.3) is 0 Å². The number of halogens is 2. The van der Waals surface area contributed by atoms with Gasteiger partial charge >= 0.3 is 0 Å². The molecule has 0 saturated heterocycles. The van der Waals surface area contributed by atoms with Crippen LogP contribution in [0.1, 0.15) is 25.7 Å². The molecule has 3 nitrogen and oxygen atoms in total. The molecule has 1 aliphatic rings. The smallest absolute Gasteiger partial charge is 0.248 e. The van der Waals surface area contributed by atoms with Gasteiger partial charge in [-0.2, -0.15) is 0 Å². The van der Waals surface area contributed by atoms with Crippen molar-refractivity contribution in [1.82, 2.24) is 5.32 Å². The highest BCUT2D eigenvalue weighted by atomic mass is 19.3. The molecule has 5 heteroatoms. The molecule has 1 saturated carbocycles. The Labute approximate surface area is 89.1 Å². The van der Waals surface area contributed by atoms with Crippen LogP contribution in [0.2, 0.25) is 0 Å². The van der Waals surface area contributed by atoms with E-state index in [1.54, 1.807) is 14.2 Å². The second-order valence-corrected chi connectivity index (χ2v) is 3.94. The average molecular weight is 223 g/mol. The van der Waals surface area contributed by atoms with Gasteiger partial charge in [0.25, 0.3) is 0 Å². The molecule has 90 valence electrons. The van der Waals surface area contributed by atoms with Crippen molar-refractivity contribution >= 4 is 0 Å². The van der Waals surface area contributed by atoms with Gasteiger partial charge in [0.2, 0.25) is 5.92 Å². The Bertz CT molecular complexity index is 176. The first kappa shape index (κ1) is 12.8. The van der Waals surface area contributed by atoms with Gasteiger partial charge in [-0.3, -0.25) is 0 Å². The first-order chi connectivity index (χ1) is 7.07. The van der Waals surface area contributed by atoms with E-state index in [0.29, 0.717) is 19.4 Å². The molecule has 0 spiro atoms. The average Bonchev–Trinajstić information content (AvgIpc) is 2.21. The van der Waals surface area contributed by atoms with E-state index in [9.17, 15) is 8.78 Å². The molecule has 0 bridgehead atoms. The van der Waals surface area contributed by atoms with Crippen LogP contribution in [-0.4, -0.2) is 39.0 Å². The fraction of sp³-hybridized carbons (Fsp3) is 1.00. The van der Waals surface area contributed by atoms with Crippen molar-refractivity contribution < 1.29 is 18.3 Å². The molecule has 1 aliphatic carbocycles. The summed E-state index contributed by atoms with van der Waals surface area (Å²) in [5, 5.41) is 3.18.